The van der Waals surface area contributed by atoms with Gasteiger partial charge in [-0.3, -0.25) is 4.79 Å². The van der Waals surface area contributed by atoms with Crippen molar-refractivity contribution in [3.8, 4) is 0 Å². The summed E-state index contributed by atoms with van der Waals surface area (Å²) >= 11 is 0. The summed E-state index contributed by atoms with van der Waals surface area (Å²) < 4.78 is 7.25. The molecular weight excluding hydrogens is 354 g/mol. The highest BCUT2D eigenvalue weighted by atomic mass is 16.3. The van der Waals surface area contributed by atoms with Crippen molar-refractivity contribution in [2.75, 3.05) is 12.3 Å². The lowest BCUT2D eigenvalue weighted by Crippen LogP contribution is -2.26. The number of hydrogen-bond acceptors (Lipinski definition) is 5. The Kier molecular flexibility index (Phi) is 4.73. The highest BCUT2D eigenvalue weighted by molar-refractivity contribution is 6.10. The molecule has 28 heavy (non-hydrogen) atoms. The predicted molar refractivity (Wildman–Crippen MR) is 109 cm³/mol. The maximum atomic E-state index is 12.9. The predicted octanol–water partition coefficient (Wildman–Crippen LogP) is 3.58. The van der Waals surface area contributed by atoms with Gasteiger partial charge in [0, 0.05) is 6.54 Å². The maximum absolute atomic E-state index is 12.9. The Morgan fingerprint density at radius 1 is 1.18 bits per heavy atom. The summed E-state index contributed by atoms with van der Waals surface area (Å²) in [6, 6.07) is 11.3. The Balaban J connectivity index is 1.84. The van der Waals surface area contributed by atoms with Gasteiger partial charge in [-0.2, -0.15) is 0 Å². The Morgan fingerprint density at radius 2 is 1.93 bits per heavy atom. The molecule has 144 valence electrons. The summed E-state index contributed by atoms with van der Waals surface area (Å²) in [6.45, 7) is 5.20. The largest absolute Gasteiger partial charge is 0.467 e. The number of nitrogens with two attached hydrogens (primary N) is 1. The van der Waals surface area contributed by atoms with E-state index in [2.05, 4.69) is 19.2 Å². The zero-order valence-corrected chi connectivity index (χ0v) is 16.0. The molecule has 3 aromatic heterocycles. The number of aromatic nitrogens is 3. The fourth-order valence-corrected chi connectivity index (χ4v) is 3.22. The molecule has 4 aromatic rings. The van der Waals surface area contributed by atoms with Crippen LogP contribution in [0.15, 0.2) is 47.1 Å². The van der Waals surface area contributed by atoms with Crippen molar-refractivity contribution >= 4 is 33.9 Å². The fraction of sp³-hybridized carbons (Fsp3) is 0.286. The molecule has 1 amide bonds. The Morgan fingerprint density at radius 3 is 2.61 bits per heavy atom. The molecule has 0 aliphatic rings. The van der Waals surface area contributed by atoms with Crippen LogP contribution in [-0.4, -0.2) is 27.0 Å². The van der Waals surface area contributed by atoms with Crippen molar-refractivity contribution in [2.45, 2.75) is 26.8 Å². The van der Waals surface area contributed by atoms with E-state index >= 15 is 0 Å². The second-order valence-corrected chi connectivity index (χ2v) is 7.25. The smallest absolute Gasteiger partial charge is 0.257 e. The standard InChI is InChI=1S/C21H23N5O2/c1-13(2)9-10-23-21(27)17-18-20(25-16-8-4-3-7-15(16)24-18)26(19(17)22)12-14-6-5-11-28-14/h3-8,11,13H,9-10,12,22H2,1-2H3,(H,23,27). The monoisotopic (exact) mass is 377 g/mol. The highest BCUT2D eigenvalue weighted by Gasteiger charge is 2.24. The van der Waals surface area contributed by atoms with Crippen LogP contribution in [0.1, 0.15) is 36.4 Å². The number of benzene rings is 1. The molecule has 0 aliphatic heterocycles. The fourth-order valence-electron chi connectivity index (χ4n) is 3.22. The van der Waals surface area contributed by atoms with Crippen LogP contribution in [-0.2, 0) is 6.54 Å². The average Bonchev–Trinajstić information content (AvgIpc) is 3.27. The maximum Gasteiger partial charge on any atom is 0.257 e. The topological polar surface area (TPSA) is 99.0 Å². The molecule has 7 heteroatoms. The molecule has 0 radical (unpaired) electrons. The van der Waals surface area contributed by atoms with Crippen LogP contribution in [0.4, 0.5) is 5.82 Å². The van der Waals surface area contributed by atoms with Gasteiger partial charge in [-0.1, -0.05) is 26.0 Å². The molecule has 3 N–H and O–H groups in total. The normalized spacial score (nSPS) is 11.5. The number of amides is 1. The summed E-state index contributed by atoms with van der Waals surface area (Å²) in [6.07, 6.45) is 2.50. The van der Waals surface area contributed by atoms with E-state index in [4.69, 9.17) is 20.1 Å². The summed E-state index contributed by atoms with van der Waals surface area (Å²) in [4.78, 5) is 22.3. The van der Waals surface area contributed by atoms with Crippen molar-refractivity contribution in [2.24, 2.45) is 5.92 Å². The van der Waals surface area contributed by atoms with Gasteiger partial charge in [0.1, 0.15) is 22.7 Å². The van der Waals surface area contributed by atoms with Crippen molar-refractivity contribution in [1.29, 1.82) is 0 Å². The molecule has 0 spiro atoms. The number of anilines is 1. The van der Waals surface area contributed by atoms with Gasteiger partial charge in [-0.25, -0.2) is 9.97 Å². The Labute approximate surface area is 162 Å². The summed E-state index contributed by atoms with van der Waals surface area (Å²) in [5, 5.41) is 2.96. The van der Waals surface area contributed by atoms with Gasteiger partial charge < -0.3 is 20.0 Å². The minimum atomic E-state index is -0.231. The van der Waals surface area contributed by atoms with E-state index in [9.17, 15) is 4.79 Å². The Bertz CT molecular complexity index is 1130. The third-order valence-corrected chi connectivity index (χ3v) is 4.72. The first kappa shape index (κ1) is 18.0. The molecule has 4 rings (SSSR count). The first-order valence-electron chi connectivity index (χ1n) is 9.39. The van der Waals surface area contributed by atoms with Crippen LogP contribution in [0.2, 0.25) is 0 Å². The second-order valence-electron chi connectivity index (χ2n) is 7.25. The van der Waals surface area contributed by atoms with Gasteiger partial charge in [0.25, 0.3) is 5.91 Å². The number of fused-ring (bicyclic) bond motifs is 2. The van der Waals surface area contributed by atoms with Crippen molar-refractivity contribution in [1.82, 2.24) is 19.9 Å². The third-order valence-electron chi connectivity index (χ3n) is 4.72. The molecule has 3 heterocycles. The number of carbonyl (C=O) groups is 1. The summed E-state index contributed by atoms with van der Waals surface area (Å²) in [5.74, 6) is 1.33. The lowest BCUT2D eigenvalue weighted by atomic mass is 10.1. The molecule has 0 fully saturated rings. The molecular formula is C21H23N5O2. The molecule has 0 saturated heterocycles. The van der Waals surface area contributed by atoms with E-state index in [0.29, 0.717) is 41.6 Å². The number of nitrogens with zero attached hydrogens (tertiary/aromatic N) is 3. The minimum Gasteiger partial charge on any atom is -0.467 e. The molecule has 1 aromatic carbocycles. The summed E-state index contributed by atoms with van der Waals surface area (Å²) in [5.41, 5.74) is 9.32. The molecule has 0 aliphatic carbocycles. The minimum absolute atomic E-state index is 0.231. The first-order chi connectivity index (χ1) is 13.5. The SMILES string of the molecule is CC(C)CCNC(=O)c1c(N)n(Cc2ccco2)c2nc3ccccc3nc12. The van der Waals surface area contributed by atoms with Crippen molar-refractivity contribution < 1.29 is 9.21 Å². The van der Waals surface area contributed by atoms with E-state index in [0.717, 1.165) is 23.2 Å². The number of para-hydroxylation sites is 2. The summed E-state index contributed by atoms with van der Waals surface area (Å²) in [7, 11) is 0. The quantitative estimate of drug-likeness (QED) is 0.535. The van der Waals surface area contributed by atoms with Crippen molar-refractivity contribution in [3.05, 3.63) is 54.0 Å². The van der Waals surface area contributed by atoms with Gasteiger partial charge in [-0.15, -0.1) is 0 Å². The van der Waals surface area contributed by atoms with Crippen LogP contribution >= 0.6 is 0 Å². The van der Waals surface area contributed by atoms with E-state index in [1.165, 1.54) is 0 Å². The number of rotatable bonds is 6. The number of hydrogen-bond donors (Lipinski definition) is 2. The highest BCUT2D eigenvalue weighted by Crippen LogP contribution is 2.28. The van der Waals surface area contributed by atoms with Crippen LogP contribution in [0.5, 0.6) is 0 Å². The van der Waals surface area contributed by atoms with Gasteiger partial charge in [0.2, 0.25) is 0 Å². The van der Waals surface area contributed by atoms with Crippen LogP contribution < -0.4 is 11.1 Å². The Hall–Kier alpha value is -3.35. The van der Waals surface area contributed by atoms with Gasteiger partial charge in [-0.05, 0) is 36.6 Å². The zero-order valence-electron chi connectivity index (χ0n) is 16.0. The van der Waals surface area contributed by atoms with E-state index < -0.39 is 0 Å². The molecule has 7 nitrogen and oxygen atoms in total. The lowest BCUT2D eigenvalue weighted by Gasteiger charge is -2.08. The molecule has 0 bridgehead atoms. The van der Waals surface area contributed by atoms with Crippen LogP contribution in [0.25, 0.3) is 22.2 Å². The lowest BCUT2D eigenvalue weighted by molar-refractivity contribution is 0.0954. The number of carbonyl (C=O) groups excluding carboxylic acids is 1. The number of nitrogens with one attached hydrogen (secondary N) is 1. The van der Waals surface area contributed by atoms with Crippen molar-refractivity contribution in [3.63, 3.8) is 0 Å². The molecule has 0 unspecified atom stereocenters. The number of nitrogen functional groups attached to an aromatic ring is 1. The van der Waals surface area contributed by atoms with E-state index in [-0.39, 0.29) is 5.91 Å². The first-order valence-corrected chi connectivity index (χ1v) is 9.39. The molecule has 0 saturated carbocycles. The average molecular weight is 377 g/mol. The van der Waals surface area contributed by atoms with Gasteiger partial charge in [0.05, 0.1) is 23.8 Å². The second kappa shape index (κ2) is 7.34. The zero-order chi connectivity index (χ0) is 19.7. The van der Waals surface area contributed by atoms with Gasteiger partial charge >= 0.3 is 0 Å². The molecule has 0 atom stereocenters. The van der Waals surface area contributed by atoms with Crippen LogP contribution in [0.3, 0.4) is 0 Å². The number of furan rings is 1. The van der Waals surface area contributed by atoms with Crippen LogP contribution in [0, 0.1) is 5.92 Å². The van der Waals surface area contributed by atoms with E-state index in [1.54, 1.807) is 10.8 Å². The third kappa shape index (κ3) is 3.31. The van der Waals surface area contributed by atoms with E-state index in [1.807, 2.05) is 36.4 Å². The van der Waals surface area contributed by atoms with Gasteiger partial charge in [0.15, 0.2) is 5.65 Å².